The zero-order chi connectivity index (χ0) is 11.3. The number of nitrogens with zero attached hydrogens (tertiary/aromatic N) is 2. The highest BCUT2D eigenvalue weighted by molar-refractivity contribution is 5.30. The van der Waals surface area contributed by atoms with E-state index in [9.17, 15) is 0 Å². The molecule has 0 aliphatic carbocycles. The molecule has 0 amide bonds. The third-order valence-corrected chi connectivity index (χ3v) is 2.27. The van der Waals surface area contributed by atoms with Crippen LogP contribution in [0.2, 0.25) is 0 Å². The fourth-order valence-electron chi connectivity index (χ4n) is 1.53. The van der Waals surface area contributed by atoms with Crippen molar-refractivity contribution in [3.8, 4) is 5.88 Å². The average molecular weight is 213 g/mol. The van der Waals surface area contributed by atoms with Gasteiger partial charge in [0.1, 0.15) is 0 Å². The minimum absolute atomic E-state index is 0.710. The minimum Gasteiger partial charge on any atom is -0.481 e. The highest BCUT2D eigenvalue weighted by atomic mass is 16.5. The molecule has 0 saturated heterocycles. The first-order valence-electron chi connectivity index (χ1n) is 4.96. The lowest BCUT2D eigenvalue weighted by Gasteiger charge is -2.06. The highest BCUT2D eigenvalue weighted by Crippen LogP contribution is 2.20. The van der Waals surface area contributed by atoms with Crippen molar-refractivity contribution in [3.63, 3.8) is 0 Å². The van der Waals surface area contributed by atoms with Crippen molar-refractivity contribution in [2.24, 2.45) is 7.05 Å². The van der Waals surface area contributed by atoms with Gasteiger partial charge in [0, 0.05) is 27.2 Å². The van der Waals surface area contributed by atoms with Crippen LogP contribution in [0.1, 0.15) is 11.3 Å². The molecule has 0 fully saturated rings. The predicted molar refractivity (Wildman–Crippen MR) is 58.1 cm³/mol. The summed E-state index contributed by atoms with van der Waals surface area (Å²) in [4.78, 5) is 0. The molecular formula is C10H19N3O2. The zero-order valence-corrected chi connectivity index (χ0v) is 9.83. The second kappa shape index (κ2) is 5.72. The van der Waals surface area contributed by atoms with Crippen molar-refractivity contribution in [1.29, 1.82) is 0 Å². The maximum atomic E-state index is 5.28. The Bertz CT molecular complexity index is 310. The van der Waals surface area contributed by atoms with Crippen LogP contribution >= 0.6 is 0 Å². The number of aromatic nitrogens is 2. The van der Waals surface area contributed by atoms with Crippen LogP contribution in [0.3, 0.4) is 0 Å². The number of hydrogen-bond donors (Lipinski definition) is 1. The van der Waals surface area contributed by atoms with Crippen molar-refractivity contribution < 1.29 is 9.47 Å². The van der Waals surface area contributed by atoms with Crippen molar-refractivity contribution in [2.75, 3.05) is 27.4 Å². The normalized spacial score (nSPS) is 10.7. The molecule has 0 unspecified atom stereocenters. The van der Waals surface area contributed by atoms with Crippen LogP contribution < -0.4 is 10.1 Å². The second-order valence-corrected chi connectivity index (χ2v) is 3.37. The molecular weight excluding hydrogens is 194 g/mol. The summed E-state index contributed by atoms with van der Waals surface area (Å²) < 4.78 is 12.0. The van der Waals surface area contributed by atoms with E-state index in [2.05, 4.69) is 10.4 Å². The largest absolute Gasteiger partial charge is 0.481 e. The Balaban J connectivity index is 2.59. The molecule has 0 aliphatic heterocycles. The smallest absolute Gasteiger partial charge is 0.216 e. The quantitative estimate of drug-likeness (QED) is 0.698. The number of nitrogens with one attached hydrogen (secondary N) is 1. The summed E-state index contributed by atoms with van der Waals surface area (Å²) in [5, 5.41) is 7.57. The molecule has 86 valence electrons. The SMILES string of the molecule is COCCNCc1c(C)nn(C)c1OC. The summed E-state index contributed by atoms with van der Waals surface area (Å²) in [6.45, 7) is 4.28. The Morgan fingerprint density at radius 1 is 1.40 bits per heavy atom. The Morgan fingerprint density at radius 2 is 2.13 bits per heavy atom. The van der Waals surface area contributed by atoms with Crippen LogP contribution in [0.4, 0.5) is 0 Å². The Kier molecular flexibility index (Phi) is 4.58. The van der Waals surface area contributed by atoms with Gasteiger partial charge in [0.05, 0.1) is 25.0 Å². The van der Waals surface area contributed by atoms with E-state index >= 15 is 0 Å². The molecule has 1 rings (SSSR count). The zero-order valence-electron chi connectivity index (χ0n) is 9.83. The predicted octanol–water partition coefficient (Wildman–Crippen LogP) is 0.473. The van der Waals surface area contributed by atoms with E-state index in [4.69, 9.17) is 9.47 Å². The first-order valence-corrected chi connectivity index (χ1v) is 4.96. The summed E-state index contributed by atoms with van der Waals surface area (Å²) in [5.41, 5.74) is 2.11. The first kappa shape index (κ1) is 12.0. The van der Waals surface area contributed by atoms with Gasteiger partial charge in [-0.05, 0) is 6.92 Å². The number of ether oxygens (including phenoxy) is 2. The topological polar surface area (TPSA) is 48.3 Å². The Labute approximate surface area is 90.4 Å². The van der Waals surface area contributed by atoms with Crippen molar-refractivity contribution in [1.82, 2.24) is 15.1 Å². The Morgan fingerprint density at radius 3 is 2.73 bits per heavy atom. The lowest BCUT2D eigenvalue weighted by Crippen LogP contribution is -2.19. The molecule has 5 nitrogen and oxygen atoms in total. The molecule has 0 bridgehead atoms. The highest BCUT2D eigenvalue weighted by Gasteiger charge is 2.12. The van der Waals surface area contributed by atoms with Crippen LogP contribution in [0, 0.1) is 6.92 Å². The molecule has 1 N–H and O–H groups in total. The molecule has 0 atom stereocenters. The van der Waals surface area contributed by atoms with E-state index in [1.54, 1.807) is 18.9 Å². The second-order valence-electron chi connectivity index (χ2n) is 3.37. The summed E-state index contributed by atoms with van der Waals surface area (Å²) in [6, 6.07) is 0. The van der Waals surface area contributed by atoms with Gasteiger partial charge in [-0.1, -0.05) is 0 Å². The molecule has 1 aromatic heterocycles. The first-order chi connectivity index (χ1) is 7.20. The van der Waals surface area contributed by atoms with Crippen LogP contribution in [-0.2, 0) is 18.3 Å². The molecule has 15 heavy (non-hydrogen) atoms. The van der Waals surface area contributed by atoms with Crippen LogP contribution in [0.5, 0.6) is 5.88 Å². The van der Waals surface area contributed by atoms with Crippen molar-refractivity contribution >= 4 is 0 Å². The lowest BCUT2D eigenvalue weighted by atomic mass is 10.2. The van der Waals surface area contributed by atoms with Gasteiger partial charge in [-0.3, -0.25) is 0 Å². The third kappa shape index (κ3) is 2.94. The molecule has 1 aromatic rings. The number of methoxy groups -OCH3 is 2. The summed E-state index contributed by atoms with van der Waals surface area (Å²) >= 11 is 0. The molecule has 1 heterocycles. The standard InChI is InChI=1S/C10H19N3O2/c1-8-9(7-11-5-6-14-3)10(15-4)13(2)12-8/h11H,5-7H2,1-4H3. The summed E-state index contributed by atoms with van der Waals surface area (Å²) in [6.07, 6.45) is 0. The van der Waals surface area contributed by atoms with Crippen molar-refractivity contribution in [3.05, 3.63) is 11.3 Å². The Hall–Kier alpha value is -1.07. The van der Waals surface area contributed by atoms with Crippen LogP contribution in [0.15, 0.2) is 0 Å². The van der Waals surface area contributed by atoms with E-state index in [1.807, 2.05) is 14.0 Å². The van der Waals surface area contributed by atoms with Crippen LogP contribution in [-0.4, -0.2) is 37.2 Å². The molecule has 0 aromatic carbocycles. The minimum atomic E-state index is 0.710. The van der Waals surface area contributed by atoms with Crippen molar-refractivity contribution in [2.45, 2.75) is 13.5 Å². The maximum Gasteiger partial charge on any atom is 0.216 e. The van der Waals surface area contributed by atoms with E-state index in [0.29, 0.717) is 6.61 Å². The van der Waals surface area contributed by atoms with Gasteiger partial charge in [0.25, 0.3) is 0 Å². The lowest BCUT2D eigenvalue weighted by molar-refractivity contribution is 0.199. The van der Waals surface area contributed by atoms with E-state index in [-0.39, 0.29) is 0 Å². The molecule has 0 saturated carbocycles. The average Bonchev–Trinajstić information content (AvgIpc) is 2.48. The monoisotopic (exact) mass is 213 g/mol. The number of hydrogen-bond acceptors (Lipinski definition) is 4. The van der Waals surface area contributed by atoms with E-state index in [0.717, 1.165) is 30.2 Å². The van der Waals surface area contributed by atoms with Gasteiger partial charge in [-0.15, -0.1) is 0 Å². The summed E-state index contributed by atoms with van der Waals surface area (Å²) in [5.74, 6) is 0.817. The molecule has 0 spiro atoms. The van der Waals surface area contributed by atoms with Gasteiger partial charge in [-0.25, -0.2) is 4.68 Å². The molecule has 0 radical (unpaired) electrons. The van der Waals surface area contributed by atoms with Gasteiger partial charge >= 0.3 is 0 Å². The summed E-state index contributed by atoms with van der Waals surface area (Å²) in [7, 11) is 5.23. The number of aryl methyl sites for hydroxylation is 2. The maximum absolute atomic E-state index is 5.28. The van der Waals surface area contributed by atoms with Gasteiger partial charge in [0.15, 0.2) is 0 Å². The fraction of sp³-hybridized carbons (Fsp3) is 0.700. The number of rotatable bonds is 6. The third-order valence-electron chi connectivity index (χ3n) is 2.27. The van der Waals surface area contributed by atoms with E-state index in [1.165, 1.54) is 0 Å². The van der Waals surface area contributed by atoms with Crippen LogP contribution in [0.25, 0.3) is 0 Å². The van der Waals surface area contributed by atoms with Gasteiger partial charge < -0.3 is 14.8 Å². The molecule has 0 aliphatic rings. The van der Waals surface area contributed by atoms with E-state index < -0.39 is 0 Å². The fourth-order valence-corrected chi connectivity index (χ4v) is 1.53. The van der Waals surface area contributed by atoms with Gasteiger partial charge in [-0.2, -0.15) is 5.10 Å². The molecule has 5 heteroatoms. The van der Waals surface area contributed by atoms with Gasteiger partial charge in [0.2, 0.25) is 5.88 Å².